The molecule has 0 radical (unpaired) electrons. The van der Waals surface area contributed by atoms with Crippen molar-refractivity contribution in [1.82, 2.24) is 5.32 Å². The van der Waals surface area contributed by atoms with Crippen LogP contribution in [-0.4, -0.2) is 45.5 Å². The average Bonchev–Trinajstić information content (AvgIpc) is 1.27. The fraction of sp³-hybridized carbons (Fsp3) is 0. The Labute approximate surface area is 60.8 Å². The van der Waals surface area contributed by atoms with E-state index in [4.69, 9.17) is 10.2 Å². The molecule has 0 saturated heterocycles. The number of rotatable bonds is 0. The first-order valence-electron chi connectivity index (χ1n) is 1.36. The lowest BCUT2D eigenvalue weighted by molar-refractivity contribution is 0.174. The van der Waals surface area contributed by atoms with Crippen LogP contribution >= 0.6 is 0 Å². The lowest BCUT2D eigenvalue weighted by Gasteiger charge is -1.85. The maximum absolute atomic E-state index is 9.32. The lowest BCUT2D eigenvalue weighted by atomic mass is 11.0. The lowest BCUT2D eigenvalue weighted by Crippen LogP contribution is -2.26. The topological polar surface area (TPSA) is 86.6 Å². The molecule has 5 nitrogen and oxygen atoms in total. The van der Waals surface area contributed by atoms with Crippen molar-refractivity contribution in [2.75, 3.05) is 0 Å². The highest BCUT2D eigenvalue weighted by Crippen LogP contribution is 1.59. The molecule has 44 valence electrons. The predicted octanol–water partition coefficient (Wildman–Crippen LogP) is -0.984. The second kappa shape index (κ2) is 4.66. The minimum atomic E-state index is -1.56. The van der Waals surface area contributed by atoms with E-state index in [0.29, 0.717) is 0 Å². The smallest absolute Gasteiger partial charge is 0.414 e. The minimum Gasteiger partial charge on any atom is -0.465 e. The van der Waals surface area contributed by atoms with Gasteiger partial charge < -0.3 is 10.2 Å². The van der Waals surface area contributed by atoms with Crippen molar-refractivity contribution in [3.05, 3.63) is 0 Å². The van der Waals surface area contributed by atoms with Crippen LogP contribution in [-0.2, 0) is 0 Å². The first-order valence-corrected chi connectivity index (χ1v) is 1.36. The summed E-state index contributed by atoms with van der Waals surface area (Å²) in [5.41, 5.74) is 0. The zero-order valence-corrected chi connectivity index (χ0v) is 3.21. The Morgan fingerprint density at radius 3 is 1.38 bits per heavy atom. The Kier molecular flexibility index (Phi) is 6.10. The third kappa shape index (κ3) is 9.09. The SMILES string of the molecule is O=C(O)NC(=O)O.[MgH2]. The molecule has 0 aromatic carbocycles. The van der Waals surface area contributed by atoms with Gasteiger partial charge in [0, 0.05) is 0 Å². The molecule has 0 rings (SSSR count). The normalized spacial score (nSPS) is 6.50. The van der Waals surface area contributed by atoms with E-state index in [2.05, 4.69) is 0 Å². The van der Waals surface area contributed by atoms with E-state index in [0.717, 1.165) is 5.32 Å². The molecule has 0 aliphatic carbocycles. The van der Waals surface area contributed by atoms with Crippen LogP contribution in [0.5, 0.6) is 0 Å². The fourth-order valence-electron chi connectivity index (χ4n) is 0.0915. The van der Waals surface area contributed by atoms with Crippen LogP contribution in [0, 0.1) is 0 Å². The molecular weight excluding hydrogens is 126 g/mol. The molecule has 0 bridgehead atoms. The van der Waals surface area contributed by atoms with Gasteiger partial charge in [0.25, 0.3) is 0 Å². The third-order valence-corrected chi connectivity index (χ3v) is 0.214. The Hall–Kier alpha value is -0.494. The maximum Gasteiger partial charge on any atom is 0.414 e. The van der Waals surface area contributed by atoms with Gasteiger partial charge in [-0.3, -0.25) is 0 Å². The van der Waals surface area contributed by atoms with Crippen molar-refractivity contribution in [3.63, 3.8) is 0 Å². The van der Waals surface area contributed by atoms with E-state index in [1.807, 2.05) is 0 Å². The molecule has 0 fully saturated rings. The molecule has 3 N–H and O–H groups in total. The Morgan fingerprint density at radius 1 is 1.12 bits per heavy atom. The first-order chi connectivity index (χ1) is 3.13. The van der Waals surface area contributed by atoms with E-state index in [1.165, 1.54) is 0 Å². The van der Waals surface area contributed by atoms with Gasteiger partial charge in [0.1, 0.15) is 0 Å². The number of carbonyl (C=O) groups is 2. The third-order valence-electron chi connectivity index (χ3n) is 0.214. The van der Waals surface area contributed by atoms with Crippen LogP contribution in [0.4, 0.5) is 9.59 Å². The fourth-order valence-corrected chi connectivity index (χ4v) is 0.0915. The van der Waals surface area contributed by atoms with Gasteiger partial charge in [-0.2, -0.15) is 0 Å². The first kappa shape index (κ1) is 10.5. The molecule has 0 aromatic rings. The van der Waals surface area contributed by atoms with Crippen molar-refractivity contribution in [1.29, 1.82) is 0 Å². The standard InChI is InChI=1S/C2H3NO4.Mg.2H/c4-1(5)3-2(6)7;;;/h3H,(H,4,5)(H,6,7);;;. The quantitative estimate of drug-likeness (QED) is 0.369. The predicted molar refractivity (Wildman–Crippen MR) is 27.7 cm³/mol. The molecule has 0 aliphatic rings. The van der Waals surface area contributed by atoms with Gasteiger partial charge in [-0.05, 0) is 0 Å². The molecule has 2 amide bonds. The molecule has 8 heavy (non-hydrogen) atoms. The van der Waals surface area contributed by atoms with Gasteiger partial charge in [-0.1, -0.05) is 0 Å². The van der Waals surface area contributed by atoms with Crippen molar-refractivity contribution in [3.8, 4) is 0 Å². The van der Waals surface area contributed by atoms with Crippen LogP contribution in [0.25, 0.3) is 0 Å². The van der Waals surface area contributed by atoms with Crippen molar-refractivity contribution < 1.29 is 19.8 Å². The van der Waals surface area contributed by atoms with E-state index in [9.17, 15) is 9.59 Å². The molecule has 0 spiro atoms. The van der Waals surface area contributed by atoms with Gasteiger partial charge in [0.15, 0.2) is 0 Å². The summed E-state index contributed by atoms with van der Waals surface area (Å²) >= 11 is 0. The number of imide groups is 1. The Bertz CT molecular complexity index is 90.2. The number of nitrogens with one attached hydrogen (secondary N) is 1. The summed E-state index contributed by atoms with van der Waals surface area (Å²) < 4.78 is 0. The van der Waals surface area contributed by atoms with Crippen molar-refractivity contribution in [2.24, 2.45) is 0 Å². The van der Waals surface area contributed by atoms with E-state index < -0.39 is 12.2 Å². The number of carboxylic acid groups (broad SMARTS) is 2. The van der Waals surface area contributed by atoms with Crippen LogP contribution in [0.15, 0.2) is 0 Å². The van der Waals surface area contributed by atoms with Gasteiger partial charge in [-0.15, -0.1) is 0 Å². The highest BCUT2D eigenvalue weighted by molar-refractivity contribution is 5.84. The maximum atomic E-state index is 9.32. The molecule has 0 aliphatic heterocycles. The number of amides is 2. The van der Waals surface area contributed by atoms with Crippen molar-refractivity contribution in [2.45, 2.75) is 0 Å². The molecule has 0 atom stereocenters. The monoisotopic (exact) mass is 131 g/mol. The zero-order valence-electron chi connectivity index (χ0n) is 3.21. The molecule has 6 heteroatoms. The summed E-state index contributed by atoms with van der Waals surface area (Å²) in [5.74, 6) is 0. The van der Waals surface area contributed by atoms with Crippen LogP contribution in [0.1, 0.15) is 0 Å². The molecule has 0 aromatic heterocycles. The summed E-state index contributed by atoms with van der Waals surface area (Å²) in [5, 5.41) is 16.3. The summed E-state index contributed by atoms with van der Waals surface area (Å²) in [7, 11) is 0. The highest BCUT2D eigenvalue weighted by Gasteiger charge is 1.97. The van der Waals surface area contributed by atoms with Crippen LogP contribution < -0.4 is 5.32 Å². The summed E-state index contributed by atoms with van der Waals surface area (Å²) in [6.45, 7) is 0. The number of hydrogen-bond acceptors (Lipinski definition) is 2. The van der Waals surface area contributed by atoms with Crippen LogP contribution in [0.2, 0.25) is 0 Å². The molecular formula is C2H5MgNO4. The Morgan fingerprint density at radius 2 is 1.38 bits per heavy atom. The van der Waals surface area contributed by atoms with E-state index >= 15 is 0 Å². The van der Waals surface area contributed by atoms with Gasteiger partial charge >= 0.3 is 35.2 Å². The molecule has 0 saturated carbocycles. The largest absolute Gasteiger partial charge is 0.465 e. The van der Waals surface area contributed by atoms with E-state index in [-0.39, 0.29) is 23.1 Å². The summed E-state index contributed by atoms with van der Waals surface area (Å²) in [6, 6.07) is 0. The van der Waals surface area contributed by atoms with Gasteiger partial charge in [0.2, 0.25) is 0 Å². The van der Waals surface area contributed by atoms with Gasteiger partial charge in [-0.25, -0.2) is 14.9 Å². The van der Waals surface area contributed by atoms with Crippen molar-refractivity contribution >= 4 is 35.2 Å². The second-order valence-corrected chi connectivity index (χ2v) is 0.735. The van der Waals surface area contributed by atoms with Gasteiger partial charge in [0.05, 0.1) is 0 Å². The second-order valence-electron chi connectivity index (χ2n) is 0.735. The number of hydrogen-bond donors (Lipinski definition) is 3. The molecule has 0 unspecified atom stereocenters. The highest BCUT2D eigenvalue weighted by atomic mass is 24.3. The molecule has 0 heterocycles. The van der Waals surface area contributed by atoms with Crippen LogP contribution in [0.3, 0.4) is 0 Å². The zero-order chi connectivity index (χ0) is 5.86. The summed E-state index contributed by atoms with van der Waals surface area (Å²) in [6.07, 6.45) is -3.12. The summed E-state index contributed by atoms with van der Waals surface area (Å²) in [4.78, 5) is 18.6. The Balaban J connectivity index is 0. The average molecular weight is 131 g/mol. The minimum absolute atomic E-state index is 0. The van der Waals surface area contributed by atoms with E-state index in [1.54, 1.807) is 0 Å².